The molecule has 0 spiro atoms. The van der Waals surface area contributed by atoms with Crippen LogP contribution >= 0.6 is 15.6 Å². The Morgan fingerprint density at radius 1 is 0.301 bits per heavy atom. The number of esters is 4. The van der Waals surface area contributed by atoms with Crippen molar-refractivity contribution in [2.45, 2.75) is 388 Å². The number of aliphatic hydroxyl groups excluding tert-OH is 1. The number of ether oxygens (including phenoxy) is 4. The van der Waals surface area contributed by atoms with Crippen molar-refractivity contribution in [3.8, 4) is 0 Å². The van der Waals surface area contributed by atoms with Gasteiger partial charge in [0.15, 0.2) is 12.2 Å². The Hall–Kier alpha value is -1.94. The Morgan fingerprint density at radius 2 is 0.516 bits per heavy atom. The quantitative estimate of drug-likeness (QED) is 0.0222. The molecule has 19 heteroatoms. The number of phosphoric ester groups is 2. The average Bonchev–Trinajstić information content (AvgIpc) is 3.65. The van der Waals surface area contributed by atoms with Crippen LogP contribution in [0.1, 0.15) is 370 Å². The molecular formula is C74H144O17P2. The monoisotopic (exact) mass is 1370 g/mol. The van der Waals surface area contributed by atoms with Gasteiger partial charge >= 0.3 is 39.5 Å². The van der Waals surface area contributed by atoms with E-state index in [-0.39, 0.29) is 25.7 Å². The summed E-state index contributed by atoms with van der Waals surface area (Å²) in [4.78, 5) is 72.6. The molecule has 0 radical (unpaired) electrons. The lowest BCUT2D eigenvalue weighted by Crippen LogP contribution is -2.30. The van der Waals surface area contributed by atoms with Gasteiger partial charge in [0.1, 0.15) is 19.3 Å². The summed E-state index contributed by atoms with van der Waals surface area (Å²) in [7, 11) is -9.91. The third-order valence-electron chi connectivity index (χ3n) is 17.4. The van der Waals surface area contributed by atoms with Gasteiger partial charge in [-0.25, -0.2) is 9.13 Å². The van der Waals surface area contributed by atoms with Crippen LogP contribution in [0.4, 0.5) is 0 Å². The Labute approximate surface area is 568 Å². The van der Waals surface area contributed by atoms with Gasteiger partial charge in [0.2, 0.25) is 0 Å². The van der Waals surface area contributed by atoms with Gasteiger partial charge in [-0.1, -0.05) is 319 Å². The summed E-state index contributed by atoms with van der Waals surface area (Å²) in [5.74, 6) is 0.871. The number of hydrogen-bond donors (Lipinski definition) is 3. The molecule has 0 rings (SSSR count). The predicted octanol–water partition coefficient (Wildman–Crippen LogP) is 21.3. The topological polar surface area (TPSA) is 237 Å². The van der Waals surface area contributed by atoms with Gasteiger partial charge in [0.05, 0.1) is 26.4 Å². The highest BCUT2D eigenvalue weighted by atomic mass is 31.2. The summed E-state index contributed by atoms with van der Waals surface area (Å²) >= 11 is 0. The van der Waals surface area contributed by atoms with E-state index in [0.29, 0.717) is 37.5 Å². The minimum atomic E-state index is -4.95. The highest BCUT2D eigenvalue weighted by molar-refractivity contribution is 7.47. The van der Waals surface area contributed by atoms with Gasteiger partial charge in [0, 0.05) is 25.7 Å². The van der Waals surface area contributed by atoms with Crippen LogP contribution in [0.15, 0.2) is 0 Å². The third-order valence-corrected chi connectivity index (χ3v) is 19.3. The molecule has 0 saturated carbocycles. The zero-order valence-corrected chi connectivity index (χ0v) is 62.7. The maximum atomic E-state index is 13.0. The van der Waals surface area contributed by atoms with Gasteiger partial charge in [-0.2, -0.15) is 0 Å². The molecule has 0 bridgehead atoms. The van der Waals surface area contributed by atoms with Crippen molar-refractivity contribution in [3.63, 3.8) is 0 Å². The van der Waals surface area contributed by atoms with Crippen LogP contribution in [0.25, 0.3) is 0 Å². The summed E-state index contributed by atoms with van der Waals surface area (Å²) in [6.07, 6.45) is 47.6. The van der Waals surface area contributed by atoms with E-state index < -0.39 is 97.5 Å². The largest absolute Gasteiger partial charge is 0.472 e. The van der Waals surface area contributed by atoms with Crippen molar-refractivity contribution in [1.29, 1.82) is 0 Å². The lowest BCUT2D eigenvalue weighted by molar-refractivity contribution is -0.161. The summed E-state index contributed by atoms with van der Waals surface area (Å²) in [5, 5.41) is 10.6. The SMILES string of the molecule is CCC(C)CCCCCCCCCCCCCCCCCCCCC(=O)O[C@H](COC(=O)CCCCCCCCCC(C)C)COP(=O)(O)OCC(O)COP(=O)(O)OC[C@@H](COC(=O)CCCCCCCCCC(C)C)OC(=O)CCCCCCCCCCC(C)C. The lowest BCUT2D eigenvalue weighted by Gasteiger charge is -2.21. The molecule has 552 valence electrons. The van der Waals surface area contributed by atoms with E-state index in [2.05, 4.69) is 55.4 Å². The van der Waals surface area contributed by atoms with Crippen LogP contribution < -0.4 is 0 Å². The second kappa shape index (κ2) is 63.5. The lowest BCUT2D eigenvalue weighted by atomic mass is 9.99. The van der Waals surface area contributed by atoms with Crippen molar-refractivity contribution in [3.05, 3.63) is 0 Å². The summed E-state index contributed by atoms with van der Waals surface area (Å²) in [5.41, 5.74) is 0. The van der Waals surface area contributed by atoms with Gasteiger partial charge in [-0.3, -0.25) is 37.3 Å². The summed E-state index contributed by atoms with van der Waals surface area (Å²) in [6, 6.07) is 0. The highest BCUT2D eigenvalue weighted by Gasteiger charge is 2.30. The molecule has 3 N–H and O–H groups in total. The van der Waals surface area contributed by atoms with Crippen molar-refractivity contribution >= 4 is 39.5 Å². The van der Waals surface area contributed by atoms with Gasteiger partial charge < -0.3 is 33.8 Å². The zero-order chi connectivity index (χ0) is 68.9. The molecule has 6 atom stereocenters. The zero-order valence-electron chi connectivity index (χ0n) is 60.9. The number of aliphatic hydroxyl groups is 1. The van der Waals surface area contributed by atoms with Crippen LogP contribution in [0.2, 0.25) is 0 Å². The molecule has 4 unspecified atom stereocenters. The first kappa shape index (κ1) is 91.1. The maximum absolute atomic E-state index is 13.0. The average molecular weight is 1370 g/mol. The van der Waals surface area contributed by atoms with Crippen molar-refractivity contribution in [2.24, 2.45) is 23.7 Å². The molecular weight excluding hydrogens is 1220 g/mol. The third kappa shape index (κ3) is 67.0. The Bertz CT molecular complexity index is 1840. The second-order valence-electron chi connectivity index (χ2n) is 28.4. The van der Waals surface area contributed by atoms with Gasteiger partial charge in [0.25, 0.3) is 0 Å². The number of phosphoric acid groups is 2. The molecule has 0 aliphatic rings. The van der Waals surface area contributed by atoms with Gasteiger partial charge in [-0.15, -0.1) is 0 Å². The van der Waals surface area contributed by atoms with E-state index in [1.54, 1.807) is 0 Å². The van der Waals surface area contributed by atoms with E-state index in [0.717, 1.165) is 115 Å². The van der Waals surface area contributed by atoms with Crippen molar-refractivity contribution < 1.29 is 80.2 Å². The fourth-order valence-electron chi connectivity index (χ4n) is 11.2. The molecule has 0 aromatic heterocycles. The Kier molecular flexibility index (Phi) is 62.2. The van der Waals surface area contributed by atoms with Crippen LogP contribution in [0.5, 0.6) is 0 Å². The molecule has 93 heavy (non-hydrogen) atoms. The predicted molar refractivity (Wildman–Crippen MR) is 377 cm³/mol. The maximum Gasteiger partial charge on any atom is 0.472 e. The van der Waals surface area contributed by atoms with Crippen LogP contribution in [0.3, 0.4) is 0 Å². The minimum absolute atomic E-state index is 0.103. The first-order valence-electron chi connectivity index (χ1n) is 38.2. The molecule has 0 aliphatic carbocycles. The minimum Gasteiger partial charge on any atom is -0.462 e. The standard InChI is InChI=1S/C74H144O17P2/c1-9-67(8)53-45-37-29-20-18-16-14-12-10-11-13-15-17-19-21-30-40-48-56-73(78)90-69(60-84-71(76)54-46-38-32-24-27-35-43-51-65(4)5)62-88-92(80,81)86-58-68(75)59-87-93(82,83)89-63-70(61-85-72(77)55-47-39-33-25-28-36-44-52-66(6)7)91-74(79)57-49-41-31-23-22-26-34-42-50-64(2)3/h64-70,75H,9-63H2,1-8H3,(H,80,81)(H,82,83)/t67?,68?,69-,70-/m1/s1. The smallest absolute Gasteiger partial charge is 0.462 e. The molecule has 17 nitrogen and oxygen atoms in total. The molecule has 0 aliphatic heterocycles. The van der Waals surface area contributed by atoms with Crippen molar-refractivity contribution in [1.82, 2.24) is 0 Å². The van der Waals surface area contributed by atoms with E-state index in [4.69, 9.17) is 37.0 Å². The number of unbranched alkanes of at least 4 members (excludes halogenated alkanes) is 36. The van der Waals surface area contributed by atoms with Crippen LogP contribution in [-0.4, -0.2) is 96.7 Å². The summed E-state index contributed by atoms with van der Waals surface area (Å²) in [6.45, 7) is 14.1. The van der Waals surface area contributed by atoms with Crippen LogP contribution in [-0.2, 0) is 65.4 Å². The molecule has 0 amide bonds. The Balaban J connectivity index is 5.15. The molecule has 0 aromatic carbocycles. The fourth-order valence-corrected chi connectivity index (χ4v) is 12.7. The fraction of sp³-hybridized carbons (Fsp3) is 0.946. The van der Waals surface area contributed by atoms with E-state index >= 15 is 0 Å². The van der Waals surface area contributed by atoms with E-state index in [1.807, 2.05) is 0 Å². The summed E-state index contributed by atoms with van der Waals surface area (Å²) < 4.78 is 68.3. The second-order valence-corrected chi connectivity index (χ2v) is 31.3. The highest BCUT2D eigenvalue weighted by Crippen LogP contribution is 2.45. The van der Waals surface area contributed by atoms with Crippen molar-refractivity contribution in [2.75, 3.05) is 39.6 Å². The molecule has 0 saturated heterocycles. The van der Waals surface area contributed by atoms with E-state index in [9.17, 15) is 43.2 Å². The molecule has 0 heterocycles. The molecule has 0 aromatic rings. The first-order chi connectivity index (χ1) is 44.6. The molecule has 0 fully saturated rings. The van der Waals surface area contributed by atoms with Crippen LogP contribution in [0, 0.1) is 23.7 Å². The van der Waals surface area contributed by atoms with Gasteiger partial charge in [-0.05, 0) is 49.4 Å². The number of rotatable bonds is 71. The Morgan fingerprint density at radius 3 is 0.763 bits per heavy atom. The number of carbonyl (C=O) groups is 4. The number of hydrogen-bond acceptors (Lipinski definition) is 15. The van der Waals surface area contributed by atoms with E-state index in [1.165, 1.54) is 161 Å². The first-order valence-corrected chi connectivity index (χ1v) is 41.2. The normalized spacial score (nSPS) is 14.5. The number of carbonyl (C=O) groups excluding carboxylic acids is 4.